The number of halogens is 3. The largest absolute Gasteiger partial charge is 0.465 e. The molecular formula is C17H20F3NO6S. The summed E-state index contributed by atoms with van der Waals surface area (Å²) in [6, 6.07) is 2.52. The Morgan fingerprint density at radius 2 is 1.43 bits per heavy atom. The Labute approximate surface area is 160 Å². The second kappa shape index (κ2) is 8.48. The number of nitrogens with one attached hydrogen (secondary N) is 1. The smallest absolute Gasteiger partial charge is 0.391 e. The van der Waals surface area contributed by atoms with Crippen molar-refractivity contribution < 1.29 is 40.7 Å². The maximum atomic E-state index is 12.8. The van der Waals surface area contributed by atoms with Crippen LogP contribution in [-0.4, -0.2) is 46.8 Å². The van der Waals surface area contributed by atoms with Gasteiger partial charge in [0.1, 0.15) is 0 Å². The van der Waals surface area contributed by atoms with E-state index in [0.717, 1.165) is 32.4 Å². The van der Waals surface area contributed by atoms with Gasteiger partial charge in [-0.05, 0) is 43.9 Å². The van der Waals surface area contributed by atoms with Crippen LogP contribution < -0.4 is 4.72 Å². The number of carbonyl (C=O) groups is 2. The van der Waals surface area contributed by atoms with E-state index in [1.54, 1.807) is 0 Å². The topological polar surface area (TPSA) is 98.8 Å². The SMILES string of the molecule is COC(=O)c1cc(C(=O)OC)cc(S(=O)(=O)NC2CCC(C(F)(F)F)CC2)c1. The Bertz CT molecular complexity index is 811. The molecule has 0 radical (unpaired) electrons. The summed E-state index contributed by atoms with van der Waals surface area (Å²) >= 11 is 0. The summed E-state index contributed by atoms with van der Waals surface area (Å²) in [7, 11) is -2.00. The summed E-state index contributed by atoms with van der Waals surface area (Å²) in [5.74, 6) is -3.15. The van der Waals surface area contributed by atoms with Crippen LogP contribution in [0.25, 0.3) is 0 Å². The molecule has 0 aromatic heterocycles. The van der Waals surface area contributed by atoms with Gasteiger partial charge in [0.2, 0.25) is 10.0 Å². The molecule has 0 spiro atoms. The quantitative estimate of drug-likeness (QED) is 0.731. The van der Waals surface area contributed by atoms with E-state index in [2.05, 4.69) is 14.2 Å². The van der Waals surface area contributed by atoms with Gasteiger partial charge < -0.3 is 9.47 Å². The number of sulfonamides is 1. The minimum Gasteiger partial charge on any atom is -0.465 e. The van der Waals surface area contributed by atoms with Crippen molar-refractivity contribution in [2.75, 3.05) is 14.2 Å². The molecule has 28 heavy (non-hydrogen) atoms. The number of benzene rings is 1. The van der Waals surface area contributed by atoms with E-state index in [0.29, 0.717) is 0 Å². The van der Waals surface area contributed by atoms with Crippen LogP contribution in [0, 0.1) is 5.92 Å². The van der Waals surface area contributed by atoms with E-state index in [9.17, 15) is 31.2 Å². The second-order valence-electron chi connectivity index (χ2n) is 6.44. The van der Waals surface area contributed by atoms with Gasteiger partial charge in [-0.25, -0.2) is 22.7 Å². The zero-order valence-corrected chi connectivity index (χ0v) is 16.0. The third-order valence-corrected chi connectivity index (χ3v) is 6.07. The van der Waals surface area contributed by atoms with Gasteiger partial charge in [-0.3, -0.25) is 0 Å². The van der Waals surface area contributed by atoms with Gasteiger partial charge in [0.05, 0.1) is 36.2 Å². The molecule has 1 aromatic rings. The number of methoxy groups -OCH3 is 2. The van der Waals surface area contributed by atoms with Crippen molar-refractivity contribution >= 4 is 22.0 Å². The van der Waals surface area contributed by atoms with Gasteiger partial charge in [-0.1, -0.05) is 0 Å². The van der Waals surface area contributed by atoms with E-state index >= 15 is 0 Å². The zero-order chi connectivity index (χ0) is 21.1. The van der Waals surface area contributed by atoms with Gasteiger partial charge in [-0.15, -0.1) is 0 Å². The summed E-state index contributed by atoms with van der Waals surface area (Å²) in [5.41, 5.74) is -0.349. The summed E-state index contributed by atoms with van der Waals surface area (Å²) in [4.78, 5) is 23.2. The molecule has 0 aliphatic heterocycles. The number of carbonyl (C=O) groups excluding carboxylic acids is 2. The van der Waals surface area contributed by atoms with Crippen molar-refractivity contribution in [3.05, 3.63) is 29.3 Å². The number of alkyl halides is 3. The van der Waals surface area contributed by atoms with E-state index < -0.39 is 40.1 Å². The monoisotopic (exact) mass is 423 g/mol. The Morgan fingerprint density at radius 1 is 0.964 bits per heavy atom. The molecule has 11 heteroatoms. The Morgan fingerprint density at radius 3 is 1.82 bits per heavy atom. The fourth-order valence-electron chi connectivity index (χ4n) is 3.05. The van der Waals surface area contributed by atoms with Crippen LogP contribution >= 0.6 is 0 Å². The molecule has 2 rings (SSSR count). The fourth-order valence-corrected chi connectivity index (χ4v) is 4.43. The summed E-state index contributed by atoms with van der Waals surface area (Å²) < 4.78 is 75.1. The molecule has 0 saturated heterocycles. The highest BCUT2D eigenvalue weighted by molar-refractivity contribution is 7.89. The first-order chi connectivity index (χ1) is 13.0. The molecule has 156 valence electrons. The molecule has 1 N–H and O–H groups in total. The first-order valence-electron chi connectivity index (χ1n) is 8.38. The van der Waals surface area contributed by atoms with Gasteiger partial charge >= 0.3 is 18.1 Å². The van der Waals surface area contributed by atoms with Crippen LogP contribution in [0.15, 0.2) is 23.1 Å². The summed E-state index contributed by atoms with van der Waals surface area (Å²) in [6.45, 7) is 0. The van der Waals surface area contributed by atoms with Gasteiger partial charge in [0, 0.05) is 6.04 Å². The normalized spacial score (nSPS) is 20.5. The van der Waals surface area contributed by atoms with Crippen LogP contribution in [0.5, 0.6) is 0 Å². The van der Waals surface area contributed by atoms with E-state index in [4.69, 9.17) is 0 Å². The highest BCUT2D eigenvalue weighted by Crippen LogP contribution is 2.37. The van der Waals surface area contributed by atoms with Crippen LogP contribution in [0.4, 0.5) is 13.2 Å². The molecule has 1 aliphatic carbocycles. The lowest BCUT2D eigenvalue weighted by Gasteiger charge is -2.30. The molecule has 0 heterocycles. The van der Waals surface area contributed by atoms with Crippen molar-refractivity contribution in [2.45, 2.75) is 42.8 Å². The van der Waals surface area contributed by atoms with Crippen LogP contribution in [0.3, 0.4) is 0 Å². The number of ether oxygens (including phenoxy) is 2. The molecule has 0 amide bonds. The Balaban J connectivity index is 2.25. The Hall–Kier alpha value is -2.14. The first kappa shape index (κ1) is 22.2. The Kier molecular flexibility index (Phi) is 6.71. The number of hydrogen-bond donors (Lipinski definition) is 1. The molecule has 1 saturated carbocycles. The maximum Gasteiger partial charge on any atom is 0.391 e. The first-order valence-corrected chi connectivity index (χ1v) is 9.87. The van der Waals surface area contributed by atoms with E-state index in [-0.39, 0.29) is 41.7 Å². The van der Waals surface area contributed by atoms with Crippen molar-refractivity contribution in [3.63, 3.8) is 0 Å². The predicted molar refractivity (Wildman–Crippen MR) is 91.2 cm³/mol. The lowest BCUT2D eigenvalue weighted by atomic mass is 9.86. The highest BCUT2D eigenvalue weighted by atomic mass is 32.2. The molecule has 0 bridgehead atoms. The predicted octanol–water partition coefficient (Wildman–Crippen LogP) is 2.66. The van der Waals surface area contributed by atoms with Crippen LogP contribution in [-0.2, 0) is 19.5 Å². The summed E-state index contributed by atoms with van der Waals surface area (Å²) in [5, 5.41) is 0. The molecule has 0 atom stereocenters. The molecular weight excluding hydrogens is 403 g/mol. The zero-order valence-electron chi connectivity index (χ0n) is 15.2. The standard InChI is InChI=1S/C17H20F3NO6S/c1-26-15(22)10-7-11(16(23)27-2)9-14(8-10)28(24,25)21-13-5-3-12(4-6-13)17(18,19)20/h7-9,12-13,21H,3-6H2,1-2H3. The molecule has 0 unspecified atom stereocenters. The third-order valence-electron chi connectivity index (χ3n) is 4.57. The van der Waals surface area contributed by atoms with Crippen molar-refractivity contribution in [3.8, 4) is 0 Å². The van der Waals surface area contributed by atoms with E-state index in [1.165, 1.54) is 0 Å². The number of hydrogen-bond acceptors (Lipinski definition) is 6. The minimum absolute atomic E-state index is 0.0317. The lowest BCUT2D eigenvalue weighted by Crippen LogP contribution is -2.40. The van der Waals surface area contributed by atoms with Gasteiger partial charge in [-0.2, -0.15) is 13.2 Å². The number of rotatable bonds is 5. The maximum absolute atomic E-state index is 12.8. The van der Waals surface area contributed by atoms with Crippen molar-refractivity contribution in [1.82, 2.24) is 4.72 Å². The van der Waals surface area contributed by atoms with Crippen molar-refractivity contribution in [1.29, 1.82) is 0 Å². The van der Waals surface area contributed by atoms with Crippen LogP contribution in [0.1, 0.15) is 46.4 Å². The molecule has 1 aliphatic rings. The van der Waals surface area contributed by atoms with Gasteiger partial charge in [0.25, 0.3) is 0 Å². The second-order valence-corrected chi connectivity index (χ2v) is 8.15. The molecule has 1 aromatic carbocycles. The third kappa shape index (κ3) is 5.22. The average Bonchev–Trinajstić information content (AvgIpc) is 2.65. The molecule has 1 fully saturated rings. The van der Waals surface area contributed by atoms with Crippen molar-refractivity contribution in [2.24, 2.45) is 5.92 Å². The fraction of sp³-hybridized carbons (Fsp3) is 0.529. The van der Waals surface area contributed by atoms with Crippen LogP contribution in [0.2, 0.25) is 0 Å². The highest BCUT2D eigenvalue weighted by Gasteiger charge is 2.42. The van der Waals surface area contributed by atoms with E-state index in [1.807, 2.05) is 0 Å². The minimum atomic E-state index is -4.30. The molecule has 7 nitrogen and oxygen atoms in total. The lowest BCUT2D eigenvalue weighted by molar-refractivity contribution is -0.182. The summed E-state index contributed by atoms with van der Waals surface area (Å²) in [6.07, 6.45) is -4.58. The average molecular weight is 423 g/mol. The number of esters is 2. The van der Waals surface area contributed by atoms with Gasteiger partial charge in [0.15, 0.2) is 0 Å².